The third-order valence-electron chi connectivity index (χ3n) is 23.7. The van der Waals surface area contributed by atoms with E-state index < -0.39 is 0 Å². The van der Waals surface area contributed by atoms with E-state index in [4.69, 9.17) is 0 Å². The summed E-state index contributed by atoms with van der Waals surface area (Å²) in [5.41, 5.74) is 5.22. The van der Waals surface area contributed by atoms with E-state index in [0.717, 1.165) is 101 Å². The summed E-state index contributed by atoms with van der Waals surface area (Å²) in [5.74, 6) is 14.6. The predicted molar refractivity (Wildman–Crippen MR) is 581 cm³/mol. The van der Waals surface area contributed by atoms with Crippen molar-refractivity contribution >= 4 is 0 Å². The molecule has 0 heterocycles. The Kier molecular flexibility index (Phi) is 130. The van der Waals surface area contributed by atoms with Gasteiger partial charge in [-0.3, -0.25) is 0 Å². The molecule has 744 valence electrons. The molecule has 0 bridgehead atoms. The summed E-state index contributed by atoms with van der Waals surface area (Å²) >= 11 is 0. The molecule has 0 saturated carbocycles. The first kappa shape index (κ1) is 162. The van der Waals surface area contributed by atoms with Crippen LogP contribution in [-0.4, -0.2) is 0 Å². The minimum atomic E-state index is 0.500. The third kappa shape index (κ3) is 234. The number of hydrogen-bond acceptors (Lipinski definition) is 0. The fraction of sp³-hybridized carbons (Fsp3) is 1.00. The van der Waals surface area contributed by atoms with Crippen LogP contribution < -0.4 is 0 Å². The first-order valence-electron chi connectivity index (χ1n) is 51.8. The van der Waals surface area contributed by atoms with E-state index in [2.05, 4.69) is 505 Å². The highest BCUT2D eigenvalue weighted by Gasteiger charge is 2.19. The van der Waals surface area contributed by atoms with E-state index in [1.807, 2.05) is 0 Å². The summed E-state index contributed by atoms with van der Waals surface area (Å²) in [4.78, 5) is 0. The molecule has 0 aromatic rings. The molecule has 0 saturated heterocycles. The molecule has 0 aromatic carbocycles. The number of rotatable bonds is 17. The topological polar surface area (TPSA) is 0 Å². The molecule has 3 unspecified atom stereocenters. The fourth-order valence-corrected chi connectivity index (χ4v) is 5.86. The number of hydrogen-bond donors (Lipinski definition) is 0. The van der Waals surface area contributed by atoms with Crippen molar-refractivity contribution < 1.29 is 0 Å². The molecule has 118 heavy (non-hydrogen) atoms. The second-order valence-corrected chi connectivity index (χ2v) is 52.0. The van der Waals surface area contributed by atoms with Crippen molar-refractivity contribution in [3.05, 3.63) is 0 Å². The molecule has 0 aliphatic heterocycles. The Labute approximate surface area is 771 Å². The van der Waals surface area contributed by atoms with Crippen LogP contribution in [0.5, 0.6) is 0 Å². The average Bonchev–Trinajstić information content (AvgIpc) is 0.931. The van der Waals surface area contributed by atoms with Crippen molar-refractivity contribution in [3.8, 4) is 0 Å². The van der Waals surface area contributed by atoms with Crippen LogP contribution in [-0.2, 0) is 0 Å². The van der Waals surface area contributed by atoms with E-state index in [1.165, 1.54) is 116 Å². The van der Waals surface area contributed by atoms with E-state index in [0.29, 0.717) is 54.1 Å². The van der Waals surface area contributed by atoms with E-state index in [1.54, 1.807) is 0 Å². The Morgan fingerprint density at radius 3 is 0.356 bits per heavy atom. The lowest BCUT2D eigenvalue weighted by molar-refractivity contribution is 0.254. The van der Waals surface area contributed by atoms with Gasteiger partial charge in [0.05, 0.1) is 0 Å². The molecule has 0 nitrogen and oxygen atoms in total. The Hall–Kier alpha value is 0. The van der Waals surface area contributed by atoms with Gasteiger partial charge in [-0.2, -0.15) is 0 Å². The van der Waals surface area contributed by atoms with Crippen LogP contribution in [0.2, 0.25) is 0 Å². The van der Waals surface area contributed by atoms with E-state index in [9.17, 15) is 0 Å². The molecule has 0 rings (SSSR count). The van der Waals surface area contributed by atoms with Crippen molar-refractivity contribution in [2.45, 2.75) is 621 Å². The van der Waals surface area contributed by atoms with Crippen LogP contribution in [0.25, 0.3) is 0 Å². The van der Waals surface area contributed by atoms with Gasteiger partial charge in [0.15, 0.2) is 0 Å². The largest absolute Gasteiger partial charge is 0.0654 e. The van der Waals surface area contributed by atoms with Gasteiger partial charge in [0.1, 0.15) is 0 Å². The second-order valence-electron chi connectivity index (χ2n) is 52.0. The average molecular weight is 1690 g/mol. The Morgan fingerprint density at radius 2 is 0.356 bits per heavy atom. The smallest absolute Gasteiger partial charge is 0.0357 e. The highest BCUT2D eigenvalue weighted by molar-refractivity contribution is 4.70. The predicted octanol–water partition coefficient (Wildman–Crippen LogP) is 46.6. The Morgan fingerprint density at radius 1 is 0.178 bits per heavy atom. The third-order valence-corrected chi connectivity index (χ3v) is 23.7. The highest BCUT2D eigenvalue weighted by atomic mass is 14.3. The van der Waals surface area contributed by atoms with Crippen LogP contribution in [0.1, 0.15) is 621 Å². The van der Waals surface area contributed by atoms with Crippen LogP contribution in [0, 0.1) is 155 Å². The van der Waals surface area contributed by atoms with Gasteiger partial charge in [0.25, 0.3) is 0 Å². The monoisotopic (exact) mass is 1690 g/mol. The lowest BCUT2D eigenvalue weighted by Crippen LogP contribution is -2.15. The van der Waals surface area contributed by atoms with Crippen LogP contribution in [0.3, 0.4) is 0 Å². The molecule has 0 amide bonds. The SMILES string of the molecule is CC(C)C(C)(C)C.CC(C)C(C)(C)C.CC(C)C(C)(C)C.CC(C)C(C)C.CC(C)C(C)C.CC(C)CC(C)(C)C.CCC(C)(C)C.CCC(C)(C)C.CCC(C)C.CCC(C)C.CCC(C)C(C)(C)C.CCC(C)C(C)(C)C.CCC(C)C(C)C.CCC(C)CC.CCCC(C)(C)C.CCCC(C)(C)C.CCCC(C)C.CCCC(C)C. The first-order valence-corrected chi connectivity index (χ1v) is 51.8. The van der Waals surface area contributed by atoms with Crippen molar-refractivity contribution in [2.24, 2.45) is 155 Å². The maximum atomic E-state index is 2.31. The molecular weight excluding hydrogens is 1420 g/mol. The molecule has 0 aliphatic carbocycles. The lowest BCUT2D eigenvalue weighted by atomic mass is 9.81. The van der Waals surface area contributed by atoms with Crippen molar-refractivity contribution in [1.82, 2.24) is 0 Å². The van der Waals surface area contributed by atoms with Gasteiger partial charge in [0.2, 0.25) is 0 Å². The molecule has 0 radical (unpaired) electrons. The maximum Gasteiger partial charge on any atom is -0.0357 e. The summed E-state index contributed by atoms with van der Waals surface area (Å²) < 4.78 is 0. The van der Waals surface area contributed by atoms with E-state index >= 15 is 0 Å². The zero-order valence-electron chi connectivity index (χ0n) is 101. The summed E-state index contributed by atoms with van der Waals surface area (Å²) in [6, 6.07) is 0. The second kappa shape index (κ2) is 94.6. The van der Waals surface area contributed by atoms with Crippen LogP contribution >= 0.6 is 0 Å². The molecular formula is C118H272. The van der Waals surface area contributed by atoms with Crippen molar-refractivity contribution in [3.63, 3.8) is 0 Å². The molecule has 0 aliphatic rings. The van der Waals surface area contributed by atoms with Gasteiger partial charge in [-0.05, 0) is 174 Å². The minimum Gasteiger partial charge on any atom is -0.0654 e. The maximum absolute atomic E-state index is 2.31. The van der Waals surface area contributed by atoms with Crippen molar-refractivity contribution in [2.75, 3.05) is 0 Å². The Bertz CT molecular complexity index is 1550. The normalized spacial score (nSPS) is 12.3. The molecule has 0 aromatic heterocycles. The molecule has 0 heteroatoms. The molecule has 3 atom stereocenters. The summed E-state index contributed by atoms with van der Waals surface area (Å²) in [6.45, 7) is 165. The van der Waals surface area contributed by atoms with Gasteiger partial charge >= 0.3 is 0 Å². The zero-order chi connectivity index (χ0) is 101. The van der Waals surface area contributed by atoms with E-state index in [-0.39, 0.29) is 0 Å². The molecule has 0 spiro atoms. The van der Waals surface area contributed by atoms with Crippen LogP contribution in [0.4, 0.5) is 0 Å². The highest BCUT2D eigenvalue weighted by Crippen LogP contribution is 2.30. The summed E-state index contributed by atoms with van der Waals surface area (Å²) in [5, 5.41) is 0. The summed E-state index contributed by atoms with van der Waals surface area (Å²) in [6.07, 6.45) is 23.8. The van der Waals surface area contributed by atoms with Gasteiger partial charge in [-0.15, -0.1) is 0 Å². The van der Waals surface area contributed by atoms with Gasteiger partial charge < -0.3 is 0 Å². The van der Waals surface area contributed by atoms with Gasteiger partial charge in [-0.25, -0.2) is 0 Å². The van der Waals surface area contributed by atoms with Crippen LogP contribution in [0.15, 0.2) is 0 Å². The molecule has 0 fully saturated rings. The molecule has 0 N–H and O–H groups in total. The minimum absolute atomic E-state index is 0.500. The standard InChI is InChI=1S/3C8H18.6C7H16.7C6H14.2C5H12/c1-7(2)6-8(3,4)5;2*1-6-7(2)8(3,4)5;3*1-6(2)7(3,4)5;2*1-5-6-7(2,3)4;1-5-7(4)6(2)3;2*1-5-6(2,3)4;2*1-5(2)6(3)4;2*1-4-5-6(2)3;1-4-6(3)5-2;2*1-4-5(2)3/h3*7H,6H2,1-5H3;3*6H,1-5H3;2*5-6H2,1-4H3;6-7H,5H2,1-4H3;2*5H2,1-4H3;2*5-6H,1-4H3;3*6H,4-5H2,1-3H3;2*5H,4H2,1-3H3. The zero-order valence-corrected chi connectivity index (χ0v) is 101. The lowest BCUT2D eigenvalue weighted by Gasteiger charge is -2.25. The fourth-order valence-electron chi connectivity index (χ4n) is 5.86. The van der Waals surface area contributed by atoms with Gasteiger partial charge in [-0.1, -0.05) is 602 Å². The Balaban J connectivity index is -0.0000000562. The van der Waals surface area contributed by atoms with Crippen molar-refractivity contribution in [1.29, 1.82) is 0 Å². The first-order chi connectivity index (χ1) is 51.8. The quantitative estimate of drug-likeness (QED) is 0.136. The summed E-state index contributed by atoms with van der Waals surface area (Å²) in [7, 11) is 0. The van der Waals surface area contributed by atoms with Gasteiger partial charge in [0, 0.05) is 0 Å².